The molecule has 0 saturated heterocycles. The first-order valence-corrected chi connectivity index (χ1v) is 10.3. The van der Waals surface area contributed by atoms with E-state index in [9.17, 15) is 4.79 Å². The van der Waals surface area contributed by atoms with Gasteiger partial charge in [-0.05, 0) is 13.3 Å². The fourth-order valence-corrected chi connectivity index (χ4v) is 3.84. The van der Waals surface area contributed by atoms with Crippen LogP contribution in [0.1, 0.15) is 12.0 Å². The number of thiazole rings is 1. The maximum absolute atomic E-state index is 12.2. The largest absolute Gasteiger partial charge is 0.385 e. The Labute approximate surface area is 166 Å². The molecule has 2 aromatic heterocycles. The van der Waals surface area contributed by atoms with Crippen molar-refractivity contribution in [2.45, 2.75) is 25.0 Å². The summed E-state index contributed by atoms with van der Waals surface area (Å²) < 4.78 is 6.98. The summed E-state index contributed by atoms with van der Waals surface area (Å²) in [6, 6.07) is 8.16. The number of ether oxygens (including phenoxy) is 1. The number of rotatable bonds is 9. The summed E-state index contributed by atoms with van der Waals surface area (Å²) in [5.41, 5.74) is 3.10. The number of nitrogens with zero attached hydrogens (tertiary/aromatic N) is 4. The van der Waals surface area contributed by atoms with Gasteiger partial charge in [0.2, 0.25) is 5.91 Å². The smallest absolute Gasteiger partial charge is 0.236 e. The van der Waals surface area contributed by atoms with Crippen molar-refractivity contribution in [1.29, 1.82) is 0 Å². The summed E-state index contributed by atoms with van der Waals surface area (Å²) >= 11 is 2.77. The van der Waals surface area contributed by atoms with Crippen molar-refractivity contribution in [3.8, 4) is 11.3 Å². The summed E-state index contributed by atoms with van der Waals surface area (Å²) in [4.78, 5) is 16.7. The number of benzene rings is 1. The number of carbonyl (C=O) groups excluding carboxylic acids is 1. The van der Waals surface area contributed by atoms with Gasteiger partial charge in [-0.15, -0.1) is 21.5 Å². The molecule has 0 aliphatic carbocycles. The molecule has 0 atom stereocenters. The van der Waals surface area contributed by atoms with Gasteiger partial charge in [-0.25, -0.2) is 4.98 Å². The monoisotopic (exact) mass is 403 g/mol. The number of methoxy groups -OCH3 is 1. The van der Waals surface area contributed by atoms with E-state index in [1.807, 2.05) is 41.1 Å². The third-order valence-electron chi connectivity index (χ3n) is 3.76. The van der Waals surface area contributed by atoms with E-state index < -0.39 is 0 Å². The fraction of sp³-hybridized carbons (Fsp3) is 0.333. The Bertz CT molecular complexity index is 876. The number of hydrogen-bond acceptors (Lipinski definition) is 7. The molecule has 0 spiro atoms. The van der Waals surface area contributed by atoms with Gasteiger partial charge >= 0.3 is 0 Å². The van der Waals surface area contributed by atoms with Crippen molar-refractivity contribution < 1.29 is 9.53 Å². The molecular formula is C18H21N5O2S2. The molecule has 7 nitrogen and oxygen atoms in total. The second-order valence-electron chi connectivity index (χ2n) is 5.89. The molecule has 1 amide bonds. The topological polar surface area (TPSA) is 81.9 Å². The molecule has 0 bridgehead atoms. The Balaban J connectivity index is 1.52. The van der Waals surface area contributed by atoms with Gasteiger partial charge in [0.1, 0.15) is 6.33 Å². The highest BCUT2D eigenvalue weighted by Gasteiger charge is 2.11. The van der Waals surface area contributed by atoms with E-state index in [-0.39, 0.29) is 11.7 Å². The van der Waals surface area contributed by atoms with E-state index in [0.29, 0.717) is 11.7 Å². The predicted octanol–water partition coefficient (Wildman–Crippen LogP) is 3.48. The average Bonchev–Trinajstić information content (AvgIpc) is 3.30. The molecule has 0 unspecified atom stereocenters. The van der Waals surface area contributed by atoms with Crippen molar-refractivity contribution in [3.05, 3.63) is 41.5 Å². The number of thioether (sulfide) groups is 1. The predicted molar refractivity (Wildman–Crippen MR) is 108 cm³/mol. The first-order chi connectivity index (χ1) is 13.2. The average molecular weight is 404 g/mol. The number of carbonyl (C=O) groups is 1. The molecule has 9 heteroatoms. The van der Waals surface area contributed by atoms with Gasteiger partial charge < -0.3 is 14.6 Å². The lowest BCUT2D eigenvalue weighted by atomic mass is 10.1. The van der Waals surface area contributed by atoms with Crippen LogP contribution in [0.15, 0.2) is 41.1 Å². The van der Waals surface area contributed by atoms with Crippen LogP contribution in [0.3, 0.4) is 0 Å². The molecule has 0 radical (unpaired) electrons. The minimum absolute atomic E-state index is 0.115. The SMILES string of the molecule is COCCCn1cnnc1SCC(=O)Nc1nc(-c2ccc(C)cc2)cs1. The lowest BCUT2D eigenvalue weighted by Gasteiger charge is -2.05. The molecule has 0 saturated carbocycles. The van der Waals surface area contributed by atoms with E-state index in [1.54, 1.807) is 13.4 Å². The molecule has 0 aliphatic heterocycles. The van der Waals surface area contributed by atoms with Gasteiger partial charge in [0.15, 0.2) is 10.3 Å². The molecular weight excluding hydrogens is 382 g/mol. The number of aromatic nitrogens is 4. The van der Waals surface area contributed by atoms with E-state index >= 15 is 0 Å². The van der Waals surface area contributed by atoms with Crippen molar-refractivity contribution in [2.24, 2.45) is 0 Å². The normalized spacial score (nSPS) is 10.9. The fourth-order valence-electron chi connectivity index (χ4n) is 2.36. The first kappa shape index (κ1) is 19.5. The quantitative estimate of drug-likeness (QED) is 0.435. The van der Waals surface area contributed by atoms with Crippen LogP contribution in [0, 0.1) is 6.92 Å². The molecule has 27 heavy (non-hydrogen) atoms. The standard InChI is InChI=1S/C18H21N5O2S2/c1-13-4-6-14(7-5-13)15-10-26-17(20-15)21-16(24)11-27-18-22-19-12-23(18)8-3-9-25-2/h4-7,10,12H,3,8-9,11H2,1-2H3,(H,20,21,24). The second kappa shape index (κ2) is 9.63. The summed E-state index contributed by atoms with van der Waals surface area (Å²) in [7, 11) is 1.68. The Morgan fingerprint density at radius 1 is 1.33 bits per heavy atom. The van der Waals surface area contributed by atoms with Gasteiger partial charge in [0.05, 0.1) is 11.4 Å². The van der Waals surface area contributed by atoms with Crippen LogP contribution in [0.5, 0.6) is 0 Å². The first-order valence-electron chi connectivity index (χ1n) is 8.47. The summed E-state index contributed by atoms with van der Waals surface area (Å²) in [6.07, 6.45) is 2.54. The molecule has 142 valence electrons. The van der Waals surface area contributed by atoms with Crippen LogP contribution in [0.2, 0.25) is 0 Å². The molecule has 3 rings (SSSR count). The Hall–Kier alpha value is -2.23. The highest BCUT2D eigenvalue weighted by atomic mass is 32.2. The van der Waals surface area contributed by atoms with Crippen LogP contribution in [-0.4, -0.2) is 45.1 Å². The molecule has 1 N–H and O–H groups in total. The number of hydrogen-bond donors (Lipinski definition) is 1. The van der Waals surface area contributed by atoms with E-state index in [2.05, 4.69) is 20.5 Å². The maximum Gasteiger partial charge on any atom is 0.236 e. The van der Waals surface area contributed by atoms with Gasteiger partial charge in [-0.1, -0.05) is 41.6 Å². The highest BCUT2D eigenvalue weighted by Crippen LogP contribution is 2.25. The van der Waals surface area contributed by atoms with E-state index in [4.69, 9.17) is 4.74 Å². The summed E-state index contributed by atoms with van der Waals surface area (Å²) in [5.74, 6) is 0.138. The highest BCUT2D eigenvalue weighted by molar-refractivity contribution is 7.99. The molecule has 2 heterocycles. The third-order valence-corrected chi connectivity index (χ3v) is 5.50. The molecule has 3 aromatic rings. The van der Waals surface area contributed by atoms with Crippen LogP contribution in [0.4, 0.5) is 5.13 Å². The number of nitrogens with one attached hydrogen (secondary N) is 1. The van der Waals surface area contributed by atoms with Crippen LogP contribution in [0.25, 0.3) is 11.3 Å². The molecule has 0 aliphatic rings. The van der Waals surface area contributed by atoms with Crippen LogP contribution >= 0.6 is 23.1 Å². The number of anilines is 1. The summed E-state index contributed by atoms with van der Waals surface area (Å²) in [6.45, 7) is 3.49. The minimum atomic E-state index is -0.115. The summed E-state index contributed by atoms with van der Waals surface area (Å²) in [5, 5.41) is 14.1. The minimum Gasteiger partial charge on any atom is -0.385 e. The van der Waals surface area contributed by atoms with Gasteiger partial charge in [-0.3, -0.25) is 4.79 Å². The number of aryl methyl sites for hydroxylation is 2. The second-order valence-corrected chi connectivity index (χ2v) is 7.69. The van der Waals surface area contributed by atoms with Gasteiger partial charge in [0.25, 0.3) is 0 Å². The molecule has 0 fully saturated rings. The van der Waals surface area contributed by atoms with E-state index in [1.165, 1.54) is 28.7 Å². The lowest BCUT2D eigenvalue weighted by molar-refractivity contribution is -0.113. The van der Waals surface area contributed by atoms with E-state index in [0.717, 1.165) is 29.4 Å². The Morgan fingerprint density at radius 2 is 2.15 bits per heavy atom. The zero-order valence-corrected chi connectivity index (χ0v) is 16.8. The third kappa shape index (κ3) is 5.62. The lowest BCUT2D eigenvalue weighted by Crippen LogP contribution is -2.14. The van der Waals surface area contributed by atoms with Gasteiger partial charge in [-0.2, -0.15) is 0 Å². The van der Waals surface area contributed by atoms with Crippen molar-refractivity contribution >= 4 is 34.1 Å². The zero-order valence-electron chi connectivity index (χ0n) is 15.2. The molecule has 1 aromatic carbocycles. The van der Waals surface area contributed by atoms with Gasteiger partial charge in [0, 0.05) is 31.2 Å². The Kier molecular flexibility index (Phi) is 6.97. The zero-order chi connectivity index (χ0) is 19.1. The van der Waals surface area contributed by atoms with Crippen molar-refractivity contribution in [1.82, 2.24) is 19.7 Å². The van der Waals surface area contributed by atoms with Crippen molar-refractivity contribution in [2.75, 3.05) is 24.8 Å². The Morgan fingerprint density at radius 3 is 2.93 bits per heavy atom. The van der Waals surface area contributed by atoms with Crippen LogP contribution in [-0.2, 0) is 16.1 Å². The van der Waals surface area contributed by atoms with Crippen molar-refractivity contribution in [3.63, 3.8) is 0 Å². The maximum atomic E-state index is 12.2. The number of amides is 1. The van der Waals surface area contributed by atoms with Crippen LogP contribution < -0.4 is 5.32 Å².